The molecule has 0 bridgehead atoms. The fraction of sp³-hybridized carbons (Fsp3) is 0.562. The van der Waals surface area contributed by atoms with E-state index in [2.05, 4.69) is 11.1 Å². The van der Waals surface area contributed by atoms with E-state index in [1.54, 1.807) is 0 Å². The SMILES string of the molecule is CCCCCCCCC(C(=O)OS(=O)O)c1ccccc1. The Balaban J connectivity index is 2.53. The van der Waals surface area contributed by atoms with Crippen molar-refractivity contribution in [2.24, 2.45) is 0 Å². The lowest BCUT2D eigenvalue weighted by Gasteiger charge is -2.14. The molecule has 0 spiro atoms. The number of rotatable bonds is 10. The molecule has 0 saturated carbocycles. The highest BCUT2D eigenvalue weighted by Crippen LogP contribution is 2.24. The lowest BCUT2D eigenvalue weighted by atomic mass is 9.93. The van der Waals surface area contributed by atoms with Crippen LogP contribution in [0.25, 0.3) is 0 Å². The quantitative estimate of drug-likeness (QED) is 0.519. The maximum Gasteiger partial charge on any atom is 0.360 e. The molecule has 2 atom stereocenters. The Kier molecular flexibility index (Phi) is 8.94. The number of unbranched alkanes of at least 4 members (excludes halogenated alkanes) is 5. The zero-order valence-electron chi connectivity index (χ0n) is 12.5. The van der Waals surface area contributed by atoms with Crippen LogP contribution in [0.2, 0.25) is 0 Å². The smallest absolute Gasteiger partial charge is 0.343 e. The molecule has 0 aliphatic rings. The second-order valence-electron chi connectivity index (χ2n) is 5.14. The first-order chi connectivity index (χ1) is 10.1. The molecule has 0 fully saturated rings. The van der Waals surface area contributed by atoms with Crippen LogP contribution in [-0.2, 0) is 20.3 Å². The van der Waals surface area contributed by atoms with Gasteiger partial charge in [0.25, 0.3) is 0 Å². The minimum Gasteiger partial charge on any atom is -0.343 e. The van der Waals surface area contributed by atoms with Crippen LogP contribution >= 0.6 is 0 Å². The summed E-state index contributed by atoms with van der Waals surface area (Å²) in [5.74, 6) is -1.09. The Morgan fingerprint density at radius 3 is 2.38 bits per heavy atom. The predicted molar refractivity (Wildman–Crippen MR) is 84.0 cm³/mol. The minimum absolute atomic E-state index is 0.464. The van der Waals surface area contributed by atoms with Gasteiger partial charge >= 0.3 is 17.3 Å². The van der Waals surface area contributed by atoms with Gasteiger partial charge in [-0.25, -0.2) is 0 Å². The lowest BCUT2D eigenvalue weighted by Crippen LogP contribution is -2.17. The molecule has 0 radical (unpaired) electrons. The van der Waals surface area contributed by atoms with Crippen molar-refractivity contribution in [2.75, 3.05) is 0 Å². The van der Waals surface area contributed by atoms with Gasteiger partial charge < -0.3 is 4.18 Å². The fourth-order valence-electron chi connectivity index (χ4n) is 2.36. The maximum absolute atomic E-state index is 11.9. The van der Waals surface area contributed by atoms with Crippen LogP contribution in [0.1, 0.15) is 63.4 Å². The van der Waals surface area contributed by atoms with Crippen molar-refractivity contribution in [3.05, 3.63) is 35.9 Å². The summed E-state index contributed by atoms with van der Waals surface area (Å²) in [5.41, 5.74) is 0.835. The highest BCUT2D eigenvalue weighted by molar-refractivity contribution is 7.74. The van der Waals surface area contributed by atoms with Gasteiger partial charge in [0, 0.05) is 0 Å². The third-order valence-corrected chi connectivity index (χ3v) is 3.79. The maximum atomic E-state index is 11.9. The number of carbonyl (C=O) groups excluding carboxylic acids is 1. The summed E-state index contributed by atoms with van der Waals surface area (Å²) in [6, 6.07) is 9.28. The molecule has 118 valence electrons. The van der Waals surface area contributed by atoms with Crippen LogP contribution in [0, 0.1) is 0 Å². The van der Waals surface area contributed by atoms with Gasteiger partial charge in [-0.15, -0.1) is 0 Å². The molecule has 2 unspecified atom stereocenters. The van der Waals surface area contributed by atoms with Crippen molar-refractivity contribution in [3.8, 4) is 0 Å². The molecule has 1 N–H and O–H groups in total. The molecule has 0 heterocycles. The van der Waals surface area contributed by atoms with E-state index in [-0.39, 0.29) is 0 Å². The molecule has 5 heteroatoms. The first-order valence-corrected chi connectivity index (χ1v) is 8.56. The summed E-state index contributed by atoms with van der Waals surface area (Å²) in [4.78, 5) is 11.9. The molecule has 0 aromatic heterocycles. The highest BCUT2D eigenvalue weighted by Gasteiger charge is 2.23. The summed E-state index contributed by atoms with van der Waals surface area (Å²) in [6.45, 7) is 2.18. The number of carbonyl (C=O) groups is 1. The average molecular weight is 312 g/mol. The van der Waals surface area contributed by atoms with Gasteiger partial charge in [-0.2, -0.15) is 4.21 Å². The van der Waals surface area contributed by atoms with Gasteiger partial charge in [-0.1, -0.05) is 75.8 Å². The fourth-order valence-corrected chi connectivity index (χ4v) is 2.62. The third kappa shape index (κ3) is 7.39. The van der Waals surface area contributed by atoms with E-state index in [4.69, 9.17) is 4.55 Å². The number of hydrogen-bond acceptors (Lipinski definition) is 3. The predicted octanol–water partition coefficient (Wildman–Crippen LogP) is 4.20. The Morgan fingerprint density at radius 2 is 1.76 bits per heavy atom. The van der Waals surface area contributed by atoms with E-state index in [9.17, 15) is 9.00 Å². The van der Waals surface area contributed by atoms with Crippen LogP contribution in [0.5, 0.6) is 0 Å². The lowest BCUT2D eigenvalue weighted by molar-refractivity contribution is -0.135. The van der Waals surface area contributed by atoms with Crippen molar-refractivity contribution >= 4 is 17.3 Å². The molecule has 4 nitrogen and oxygen atoms in total. The van der Waals surface area contributed by atoms with Crippen LogP contribution in [0.3, 0.4) is 0 Å². The first-order valence-electron chi connectivity index (χ1n) is 7.53. The number of hydrogen-bond donors (Lipinski definition) is 1. The Labute approximate surface area is 129 Å². The molecule has 1 aromatic rings. The topological polar surface area (TPSA) is 63.6 Å². The molecular weight excluding hydrogens is 288 g/mol. The van der Waals surface area contributed by atoms with Crippen LogP contribution in [-0.4, -0.2) is 14.7 Å². The molecule has 21 heavy (non-hydrogen) atoms. The Morgan fingerprint density at radius 1 is 1.14 bits per heavy atom. The molecule has 0 amide bonds. The zero-order chi connectivity index (χ0) is 15.5. The van der Waals surface area contributed by atoms with Crippen molar-refractivity contribution < 1.29 is 17.7 Å². The summed E-state index contributed by atoms with van der Waals surface area (Å²) >= 11 is -2.55. The molecule has 0 aliphatic carbocycles. The van der Waals surface area contributed by atoms with Crippen molar-refractivity contribution in [1.29, 1.82) is 0 Å². The Hall–Kier alpha value is -1.20. The van der Waals surface area contributed by atoms with Crippen LogP contribution < -0.4 is 0 Å². The summed E-state index contributed by atoms with van der Waals surface area (Å²) in [5, 5.41) is 0. The van der Waals surface area contributed by atoms with Crippen molar-refractivity contribution in [2.45, 2.75) is 57.8 Å². The Bertz CT molecular complexity index is 433. The molecule has 1 aromatic carbocycles. The monoisotopic (exact) mass is 312 g/mol. The van der Waals surface area contributed by atoms with Crippen molar-refractivity contribution in [3.63, 3.8) is 0 Å². The van der Waals surface area contributed by atoms with Gasteiger partial charge in [0.1, 0.15) is 0 Å². The standard InChI is InChI=1S/C16H24O4S/c1-2-3-4-5-6-10-13-15(16(17)20-21(18)19)14-11-8-7-9-12-14/h7-9,11-12,15H,2-6,10,13H2,1H3,(H,18,19). The van der Waals surface area contributed by atoms with E-state index in [0.29, 0.717) is 6.42 Å². The summed E-state index contributed by atoms with van der Waals surface area (Å²) in [7, 11) is 0. The van der Waals surface area contributed by atoms with E-state index < -0.39 is 23.2 Å². The van der Waals surface area contributed by atoms with Crippen LogP contribution in [0.15, 0.2) is 30.3 Å². The molecule has 0 aliphatic heterocycles. The summed E-state index contributed by atoms with van der Waals surface area (Å²) < 4.78 is 23.8. The van der Waals surface area contributed by atoms with E-state index >= 15 is 0 Å². The average Bonchev–Trinajstić information content (AvgIpc) is 2.46. The minimum atomic E-state index is -2.55. The zero-order valence-corrected chi connectivity index (χ0v) is 13.3. The van der Waals surface area contributed by atoms with Gasteiger partial charge in [-0.05, 0) is 12.0 Å². The van der Waals surface area contributed by atoms with E-state index in [0.717, 1.165) is 24.8 Å². The molecule has 1 rings (SSSR count). The molecule has 0 saturated heterocycles. The van der Waals surface area contributed by atoms with Gasteiger partial charge in [0.2, 0.25) is 0 Å². The van der Waals surface area contributed by atoms with Gasteiger partial charge in [0.05, 0.1) is 5.92 Å². The van der Waals surface area contributed by atoms with E-state index in [1.165, 1.54) is 19.3 Å². The molecular formula is C16H24O4S. The largest absolute Gasteiger partial charge is 0.360 e. The third-order valence-electron chi connectivity index (χ3n) is 3.49. The van der Waals surface area contributed by atoms with E-state index in [1.807, 2.05) is 30.3 Å². The van der Waals surface area contributed by atoms with Gasteiger partial charge in [0.15, 0.2) is 0 Å². The van der Waals surface area contributed by atoms with Gasteiger partial charge in [-0.3, -0.25) is 9.35 Å². The number of benzene rings is 1. The summed E-state index contributed by atoms with van der Waals surface area (Å²) in [6.07, 6.45) is 7.46. The van der Waals surface area contributed by atoms with Crippen LogP contribution in [0.4, 0.5) is 0 Å². The van der Waals surface area contributed by atoms with Crippen molar-refractivity contribution in [1.82, 2.24) is 0 Å². The second kappa shape index (κ2) is 10.5. The second-order valence-corrected chi connectivity index (χ2v) is 5.74. The highest BCUT2D eigenvalue weighted by atomic mass is 32.2. The normalized spacial score (nSPS) is 13.6. The first kappa shape index (κ1) is 17.9.